The molecule has 0 bridgehead atoms. The predicted octanol–water partition coefficient (Wildman–Crippen LogP) is 4.71. The Kier molecular flexibility index (Phi) is 6.99. The fourth-order valence-electron chi connectivity index (χ4n) is 2.74. The van der Waals surface area contributed by atoms with Crippen molar-refractivity contribution in [1.82, 2.24) is 0 Å². The van der Waals surface area contributed by atoms with Gasteiger partial charge in [0.25, 0.3) is 0 Å². The third kappa shape index (κ3) is 5.84. The van der Waals surface area contributed by atoms with Crippen LogP contribution in [0.3, 0.4) is 0 Å². The molecule has 0 aliphatic carbocycles. The third-order valence-corrected chi connectivity index (χ3v) is 4.14. The van der Waals surface area contributed by atoms with Gasteiger partial charge in [0, 0.05) is 13.3 Å². The van der Waals surface area contributed by atoms with Gasteiger partial charge in [-0.25, -0.2) is 4.79 Å². The van der Waals surface area contributed by atoms with E-state index in [0.29, 0.717) is 17.8 Å². The van der Waals surface area contributed by atoms with Crippen molar-refractivity contribution in [3.05, 3.63) is 63.5 Å². The van der Waals surface area contributed by atoms with Gasteiger partial charge in [-0.15, -0.1) is 0 Å². The maximum Gasteiger partial charge on any atom is 0.339 e. The molecule has 1 aromatic heterocycles. The number of hydrogen-bond donors (Lipinski definition) is 0. The van der Waals surface area contributed by atoms with Crippen LogP contribution in [0.15, 0.2) is 56.8 Å². The Bertz CT molecular complexity index is 929. The first-order valence-corrected chi connectivity index (χ1v) is 8.91. The summed E-state index contributed by atoms with van der Waals surface area (Å²) in [7, 11) is 0. The quantitative estimate of drug-likeness (QED) is 0.401. The van der Waals surface area contributed by atoms with Crippen LogP contribution >= 0.6 is 0 Å². The molecule has 0 aliphatic rings. The number of ether oxygens (including phenoxy) is 2. The van der Waals surface area contributed by atoms with E-state index in [1.54, 1.807) is 6.07 Å². The summed E-state index contributed by atoms with van der Waals surface area (Å²) >= 11 is 0. The normalized spacial score (nSPS) is 12.6. The minimum Gasteiger partial charge on any atom is -0.488 e. The van der Waals surface area contributed by atoms with Gasteiger partial charge >= 0.3 is 11.6 Å². The van der Waals surface area contributed by atoms with Gasteiger partial charge in [-0.1, -0.05) is 23.8 Å². The number of hydrogen-bond acceptors (Lipinski definition) is 5. The lowest BCUT2D eigenvalue weighted by Crippen LogP contribution is -2.17. The van der Waals surface area contributed by atoms with Crippen molar-refractivity contribution in [2.75, 3.05) is 6.61 Å². The zero-order chi connectivity index (χ0) is 20.0. The standard InChI is InChI=1S/C22H26O5/c1-14(2)9-10-18(26-17(5)23)15(3)11-12-25-20-13-21(24)27-19-8-6-7-16(4)22(19)20/h6-9,11,13,18H,10,12H2,1-5H3. The van der Waals surface area contributed by atoms with Gasteiger partial charge in [0.05, 0.1) is 11.5 Å². The van der Waals surface area contributed by atoms with Crippen LogP contribution in [-0.4, -0.2) is 18.7 Å². The molecule has 2 aromatic rings. The number of carbonyl (C=O) groups is 1. The lowest BCUT2D eigenvalue weighted by Gasteiger charge is -2.17. The Balaban J connectivity index is 2.20. The zero-order valence-corrected chi connectivity index (χ0v) is 16.5. The molecule has 0 aliphatic heterocycles. The van der Waals surface area contributed by atoms with E-state index >= 15 is 0 Å². The highest BCUT2D eigenvalue weighted by molar-refractivity contribution is 5.86. The summed E-state index contributed by atoms with van der Waals surface area (Å²) in [5.41, 5.74) is 3.07. The average Bonchev–Trinajstić information content (AvgIpc) is 2.57. The number of aryl methyl sites for hydroxylation is 1. The first-order valence-electron chi connectivity index (χ1n) is 8.91. The van der Waals surface area contributed by atoms with Crippen LogP contribution in [-0.2, 0) is 9.53 Å². The van der Waals surface area contributed by atoms with Crippen molar-refractivity contribution in [2.45, 2.75) is 47.1 Å². The summed E-state index contributed by atoms with van der Waals surface area (Å²) in [4.78, 5) is 23.1. The molecule has 0 spiro atoms. The maximum absolute atomic E-state index is 11.8. The van der Waals surface area contributed by atoms with Gasteiger partial charge in [-0.2, -0.15) is 0 Å². The van der Waals surface area contributed by atoms with Crippen LogP contribution in [0, 0.1) is 6.92 Å². The molecule has 27 heavy (non-hydrogen) atoms. The largest absolute Gasteiger partial charge is 0.488 e. The summed E-state index contributed by atoms with van der Waals surface area (Å²) in [6, 6.07) is 6.87. The number of esters is 1. The first kappa shape index (κ1) is 20.5. The predicted molar refractivity (Wildman–Crippen MR) is 106 cm³/mol. The minimum absolute atomic E-state index is 0.255. The molecule has 0 radical (unpaired) electrons. The van der Waals surface area contributed by atoms with Crippen molar-refractivity contribution < 1.29 is 18.7 Å². The van der Waals surface area contributed by atoms with Crippen molar-refractivity contribution >= 4 is 16.9 Å². The molecule has 0 fully saturated rings. The summed E-state index contributed by atoms with van der Waals surface area (Å²) in [5.74, 6) is 0.162. The van der Waals surface area contributed by atoms with E-state index in [4.69, 9.17) is 13.9 Å². The minimum atomic E-state index is -0.454. The fraction of sp³-hybridized carbons (Fsp3) is 0.364. The van der Waals surface area contributed by atoms with Crippen molar-refractivity contribution in [2.24, 2.45) is 0 Å². The van der Waals surface area contributed by atoms with Crippen molar-refractivity contribution in [3.8, 4) is 5.75 Å². The first-order chi connectivity index (χ1) is 12.8. The number of rotatable bonds is 7. The number of benzene rings is 1. The van der Waals surface area contributed by atoms with Gasteiger partial charge < -0.3 is 13.9 Å². The van der Waals surface area contributed by atoms with E-state index in [1.807, 2.05) is 52.0 Å². The van der Waals surface area contributed by atoms with Crippen LogP contribution in [0.25, 0.3) is 11.0 Å². The molecular formula is C22H26O5. The van der Waals surface area contributed by atoms with E-state index in [9.17, 15) is 9.59 Å². The zero-order valence-electron chi connectivity index (χ0n) is 16.5. The summed E-state index contributed by atoms with van der Waals surface area (Å²) in [6.07, 6.45) is 4.18. The molecule has 0 amide bonds. The van der Waals surface area contributed by atoms with Gasteiger partial charge in [0.1, 0.15) is 24.0 Å². The van der Waals surface area contributed by atoms with E-state index in [2.05, 4.69) is 0 Å². The second kappa shape index (κ2) is 9.21. The maximum atomic E-state index is 11.8. The number of carbonyl (C=O) groups excluding carboxylic acids is 1. The highest BCUT2D eigenvalue weighted by Crippen LogP contribution is 2.27. The van der Waals surface area contributed by atoms with Crippen LogP contribution in [0.5, 0.6) is 5.75 Å². The Hall–Kier alpha value is -2.82. The van der Waals surface area contributed by atoms with Crippen LogP contribution < -0.4 is 10.4 Å². The Labute approximate surface area is 159 Å². The van der Waals surface area contributed by atoms with E-state index in [-0.39, 0.29) is 18.7 Å². The number of fused-ring (bicyclic) bond motifs is 1. The smallest absolute Gasteiger partial charge is 0.339 e. The van der Waals surface area contributed by atoms with Gasteiger partial charge in [-0.3, -0.25) is 4.79 Å². The Morgan fingerprint density at radius 3 is 2.59 bits per heavy atom. The van der Waals surface area contributed by atoms with Gasteiger partial charge in [0.15, 0.2) is 0 Å². The van der Waals surface area contributed by atoms with Crippen molar-refractivity contribution in [1.29, 1.82) is 0 Å². The second-order valence-electron chi connectivity index (χ2n) is 6.75. The van der Waals surface area contributed by atoms with Gasteiger partial charge in [0.2, 0.25) is 0 Å². The molecule has 5 heteroatoms. The molecule has 1 atom stereocenters. The number of allylic oxidation sites excluding steroid dienone is 1. The van der Waals surface area contributed by atoms with Crippen molar-refractivity contribution in [3.63, 3.8) is 0 Å². The Morgan fingerprint density at radius 1 is 1.19 bits per heavy atom. The summed E-state index contributed by atoms with van der Waals surface area (Å²) in [6.45, 7) is 9.50. The van der Waals surface area contributed by atoms with Crippen LogP contribution in [0.1, 0.15) is 39.7 Å². The molecule has 2 rings (SSSR count). The summed E-state index contributed by atoms with van der Waals surface area (Å²) in [5, 5.41) is 0.782. The molecule has 0 N–H and O–H groups in total. The highest BCUT2D eigenvalue weighted by atomic mass is 16.5. The SMILES string of the molecule is CC(=O)OC(CC=C(C)C)C(C)=CCOc1cc(=O)oc2cccc(C)c12. The molecule has 1 unspecified atom stereocenters. The molecule has 5 nitrogen and oxygen atoms in total. The van der Waals surface area contributed by atoms with E-state index in [0.717, 1.165) is 22.1 Å². The Morgan fingerprint density at radius 2 is 1.93 bits per heavy atom. The molecular weight excluding hydrogens is 344 g/mol. The fourth-order valence-corrected chi connectivity index (χ4v) is 2.74. The van der Waals surface area contributed by atoms with Crippen LogP contribution in [0.4, 0.5) is 0 Å². The third-order valence-electron chi connectivity index (χ3n) is 4.14. The van der Waals surface area contributed by atoms with E-state index in [1.165, 1.54) is 13.0 Å². The lowest BCUT2D eigenvalue weighted by molar-refractivity contribution is -0.144. The molecule has 1 heterocycles. The van der Waals surface area contributed by atoms with Crippen LogP contribution in [0.2, 0.25) is 0 Å². The average molecular weight is 370 g/mol. The highest BCUT2D eigenvalue weighted by Gasteiger charge is 2.13. The van der Waals surface area contributed by atoms with E-state index < -0.39 is 5.63 Å². The summed E-state index contributed by atoms with van der Waals surface area (Å²) < 4.78 is 16.5. The topological polar surface area (TPSA) is 65.7 Å². The monoisotopic (exact) mass is 370 g/mol. The molecule has 0 saturated carbocycles. The molecule has 144 valence electrons. The lowest BCUT2D eigenvalue weighted by atomic mass is 10.1. The second-order valence-corrected chi connectivity index (χ2v) is 6.75. The molecule has 1 aromatic carbocycles. The van der Waals surface area contributed by atoms with Gasteiger partial charge in [-0.05, 0) is 51.0 Å². The molecule has 0 saturated heterocycles.